The van der Waals surface area contributed by atoms with Gasteiger partial charge in [0.05, 0.1) is 13.2 Å². The molecule has 0 N–H and O–H groups in total. The first-order valence-corrected chi connectivity index (χ1v) is 7.19. The highest BCUT2D eigenvalue weighted by atomic mass is 16.5. The maximum atomic E-state index is 11.3. The van der Waals surface area contributed by atoms with Crippen LogP contribution in [0.25, 0.3) is 0 Å². The molecule has 0 aromatic rings. The molecule has 0 heterocycles. The summed E-state index contributed by atoms with van der Waals surface area (Å²) in [6, 6.07) is 0. The second-order valence-corrected chi connectivity index (χ2v) is 4.30. The summed E-state index contributed by atoms with van der Waals surface area (Å²) in [5.41, 5.74) is 0. The molecule has 0 aliphatic heterocycles. The van der Waals surface area contributed by atoms with E-state index in [1.54, 1.807) is 0 Å². The number of hydrogen-bond acceptors (Lipinski definition) is 3. The molecule has 0 aliphatic carbocycles. The van der Waals surface area contributed by atoms with Crippen LogP contribution in [0.5, 0.6) is 0 Å². The minimum atomic E-state index is -0.0460. The van der Waals surface area contributed by atoms with Gasteiger partial charge in [0, 0.05) is 13.0 Å². The van der Waals surface area contributed by atoms with Crippen LogP contribution in [0.2, 0.25) is 0 Å². The zero-order valence-corrected chi connectivity index (χ0v) is 12.0. The van der Waals surface area contributed by atoms with Crippen LogP contribution in [0, 0.1) is 0 Å². The maximum absolute atomic E-state index is 11.3. The number of allylic oxidation sites excluding steroid dienone is 1. The van der Waals surface area contributed by atoms with E-state index in [2.05, 4.69) is 19.1 Å². The molecule has 0 rings (SSSR count). The predicted octanol–water partition coefficient (Wildman–Crippen LogP) is 3.87. The average molecular weight is 256 g/mol. The Bertz CT molecular complexity index is 212. The molecule has 0 aromatic heterocycles. The van der Waals surface area contributed by atoms with Crippen LogP contribution in [0.1, 0.15) is 58.8 Å². The third-order valence-corrected chi connectivity index (χ3v) is 2.60. The molecule has 106 valence electrons. The van der Waals surface area contributed by atoms with Crippen molar-refractivity contribution in [3.05, 3.63) is 12.2 Å². The maximum Gasteiger partial charge on any atom is 0.305 e. The van der Waals surface area contributed by atoms with Crippen LogP contribution in [0.3, 0.4) is 0 Å². The number of carbonyl (C=O) groups excluding carboxylic acids is 1. The van der Waals surface area contributed by atoms with Crippen molar-refractivity contribution in [3.8, 4) is 0 Å². The quantitative estimate of drug-likeness (QED) is 0.302. The van der Waals surface area contributed by atoms with E-state index in [1.165, 1.54) is 0 Å². The molecule has 0 saturated heterocycles. The van der Waals surface area contributed by atoms with Crippen molar-refractivity contribution in [3.63, 3.8) is 0 Å². The van der Waals surface area contributed by atoms with Crippen molar-refractivity contribution in [2.24, 2.45) is 0 Å². The third kappa shape index (κ3) is 13.2. The Morgan fingerprint density at radius 1 is 1.06 bits per heavy atom. The highest BCUT2D eigenvalue weighted by Gasteiger charge is 2.01. The summed E-state index contributed by atoms with van der Waals surface area (Å²) in [4.78, 5) is 11.3. The Kier molecular flexibility index (Phi) is 13.6. The Morgan fingerprint density at radius 3 is 2.61 bits per heavy atom. The lowest BCUT2D eigenvalue weighted by Gasteiger charge is -2.03. The van der Waals surface area contributed by atoms with E-state index in [-0.39, 0.29) is 5.97 Å². The first-order chi connectivity index (χ1) is 8.81. The van der Waals surface area contributed by atoms with Crippen molar-refractivity contribution in [1.29, 1.82) is 0 Å². The number of rotatable bonds is 12. The fourth-order valence-electron chi connectivity index (χ4n) is 1.48. The molecule has 0 unspecified atom stereocenters. The Balaban J connectivity index is 3.19. The zero-order chi connectivity index (χ0) is 13.5. The Hall–Kier alpha value is -0.830. The van der Waals surface area contributed by atoms with Crippen molar-refractivity contribution in [2.75, 3.05) is 19.8 Å². The number of carbonyl (C=O) groups is 1. The molecular weight excluding hydrogens is 228 g/mol. The van der Waals surface area contributed by atoms with Gasteiger partial charge in [-0.05, 0) is 32.6 Å². The van der Waals surface area contributed by atoms with Gasteiger partial charge in [-0.3, -0.25) is 4.79 Å². The van der Waals surface area contributed by atoms with Crippen molar-refractivity contribution >= 4 is 5.97 Å². The Morgan fingerprint density at radius 2 is 1.89 bits per heavy atom. The van der Waals surface area contributed by atoms with Crippen LogP contribution in [-0.4, -0.2) is 25.8 Å². The summed E-state index contributed by atoms with van der Waals surface area (Å²) in [7, 11) is 0. The van der Waals surface area contributed by atoms with Gasteiger partial charge < -0.3 is 9.47 Å². The first-order valence-electron chi connectivity index (χ1n) is 7.19. The second-order valence-electron chi connectivity index (χ2n) is 4.30. The first kappa shape index (κ1) is 17.2. The molecule has 0 fully saturated rings. The van der Waals surface area contributed by atoms with Gasteiger partial charge in [0.2, 0.25) is 0 Å². The van der Waals surface area contributed by atoms with Crippen LogP contribution in [-0.2, 0) is 14.3 Å². The standard InChI is InChI=1S/C15H28O3/c1-3-5-14-18-15(16)12-10-8-6-7-9-11-13-17-4-2/h9,11H,3-8,10,12-14H2,1-2H3/b11-9+. The van der Waals surface area contributed by atoms with Gasteiger partial charge in [-0.25, -0.2) is 0 Å². The van der Waals surface area contributed by atoms with Gasteiger partial charge in [-0.15, -0.1) is 0 Å². The molecule has 3 heteroatoms. The molecular formula is C15H28O3. The van der Waals surface area contributed by atoms with Gasteiger partial charge in [0.25, 0.3) is 0 Å². The molecule has 0 spiro atoms. The van der Waals surface area contributed by atoms with Crippen LogP contribution < -0.4 is 0 Å². The van der Waals surface area contributed by atoms with E-state index < -0.39 is 0 Å². The van der Waals surface area contributed by atoms with Crippen LogP contribution in [0.15, 0.2) is 12.2 Å². The van der Waals surface area contributed by atoms with Crippen molar-refractivity contribution in [1.82, 2.24) is 0 Å². The summed E-state index contributed by atoms with van der Waals surface area (Å²) in [6.07, 6.45) is 11.0. The molecule has 0 saturated carbocycles. The normalized spacial score (nSPS) is 11.0. The second kappa shape index (κ2) is 14.2. The van der Waals surface area contributed by atoms with Gasteiger partial charge in [0.1, 0.15) is 0 Å². The molecule has 3 nitrogen and oxygen atoms in total. The molecule has 0 atom stereocenters. The van der Waals surface area contributed by atoms with E-state index in [0.29, 0.717) is 19.6 Å². The Labute approximate surface area is 112 Å². The van der Waals surface area contributed by atoms with E-state index in [0.717, 1.165) is 45.1 Å². The molecule has 18 heavy (non-hydrogen) atoms. The highest BCUT2D eigenvalue weighted by molar-refractivity contribution is 5.69. The van der Waals surface area contributed by atoms with Gasteiger partial charge in [-0.1, -0.05) is 31.9 Å². The fraction of sp³-hybridized carbons (Fsp3) is 0.800. The number of esters is 1. The molecule has 0 aliphatic rings. The van der Waals surface area contributed by atoms with Crippen LogP contribution in [0.4, 0.5) is 0 Å². The predicted molar refractivity (Wildman–Crippen MR) is 74.6 cm³/mol. The molecule has 0 amide bonds. The lowest BCUT2D eigenvalue weighted by atomic mass is 10.1. The monoisotopic (exact) mass is 256 g/mol. The topological polar surface area (TPSA) is 35.5 Å². The highest BCUT2D eigenvalue weighted by Crippen LogP contribution is 2.05. The molecule has 0 bridgehead atoms. The average Bonchev–Trinajstić information content (AvgIpc) is 2.37. The van der Waals surface area contributed by atoms with Gasteiger partial charge in [0.15, 0.2) is 0 Å². The summed E-state index contributed by atoms with van der Waals surface area (Å²) in [6.45, 7) is 6.14. The van der Waals surface area contributed by atoms with E-state index in [1.807, 2.05) is 6.92 Å². The number of unbranched alkanes of at least 4 members (excludes halogenated alkanes) is 4. The molecule has 0 aromatic carbocycles. The van der Waals surface area contributed by atoms with Gasteiger partial charge >= 0.3 is 5.97 Å². The fourth-order valence-corrected chi connectivity index (χ4v) is 1.48. The SMILES string of the molecule is CCCCOC(=O)CCCCC/C=C/COCC. The minimum absolute atomic E-state index is 0.0460. The van der Waals surface area contributed by atoms with E-state index >= 15 is 0 Å². The number of ether oxygens (including phenoxy) is 2. The lowest BCUT2D eigenvalue weighted by Crippen LogP contribution is -2.05. The number of hydrogen-bond donors (Lipinski definition) is 0. The molecule has 0 radical (unpaired) electrons. The largest absolute Gasteiger partial charge is 0.466 e. The third-order valence-electron chi connectivity index (χ3n) is 2.60. The van der Waals surface area contributed by atoms with Crippen molar-refractivity contribution < 1.29 is 14.3 Å². The summed E-state index contributed by atoms with van der Waals surface area (Å²) < 4.78 is 10.3. The van der Waals surface area contributed by atoms with Crippen LogP contribution >= 0.6 is 0 Å². The van der Waals surface area contributed by atoms with E-state index in [9.17, 15) is 4.79 Å². The smallest absolute Gasteiger partial charge is 0.305 e. The summed E-state index contributed by atoms with van der Waals surface area (Å²) in [5, 5.41) is 0. The van der Waals surface area contributed by atoms with Crippen molar-refractivity contribution in [2.45, 2.75) is 58.8 Å². The zero-order valence-electron chi connectivity index (χ0n) is 12.0. The van der Waals surface area contributed by atoms with E-state index in [4.69, 9.17) is 9.47 Å². The minimum Gasteiger partial charge on any atom is -0.466 e. The summed E-state index contributed by atoms with van der Waals surface area (Å²) in [5.74, 6) is -0.0460. The van der Waals surface area contributed by atoms with Gasteiger partial charge in [-0.2, -0.15) is 0 Å². The summed E-state index contributed by atoms with van der Waals surface area (Å²) >= 11 is 0. The lowest BCUT2D eigenvalue weighted by molar-refractivity contribution is -0.143.